The molecule has 5 heteroatoms. The van der Waals surface area contributed by atoms with E-state index in [1.54, 1.807) is 0 Å². The first-order chi connectivity index (χ1) is 13.4. The normalized spacial score (nSPS) is 35.8. The third-order valence-corrected chi connectivity index (χ3v) is 7.58. The zero-order valence-electron chi connectivity index (χ0n) is 17.0. The average Bonchev–Trinajstić information content (AvgIpc) is 2.91. The van der Waals surface area contributed by atoms with Gasteiger partial charge in [0, 0.05) is 12.8 Å². The highest BCUT2D eigenvalue weighted by atomic mass is 16.3. The maximum Gasteiger partial charge on any atom is 0.268 e. The van der Waals surface area contributed by atoms with Crippen molar-refractivity contribution >= 4 is 17.6 Å². The number of amides is 2. The zero-order chi connectivity index (χ0) is 19.9. The van der Waals surface area contributed by atoms with Crippen molar-refractivity contribution in [2.45, 2.75) is 84.0 Å². The van der Waals surface area contributed by atoms with E-state index < -0.39 is 11.7 Å². The van der Waals surface area contributed by atoms with Gasteiger partial charge in [0.1, 0.15) is 11.3 Å². The number of aliphatic hydroxyl groups is 1. The van der Waals surface area contributed by atoms with Crippen LogP contribution in [0.5, 0.6) is 0 Å². The molecule has 0 aromatic rings. The predicted octanol–water partition coefficient (Wildman–Crippen LogP) is 4.31. The van der Waals surface area contributed by atoms with Crippen LogP contribution in [0.1, 0.15) is 84.0 Å². The highest BCUT2D eigenvalue weighted by Gasteiger charge is 2.52. The maximum absolute atomic E-state index is 12.7. The number of ketones is 1. The minimum absolute atomic E-state index is 0.0572. The smallest absolute Gasteiger partial charge is 0.268 e. The Balaban J connectivity index is 1.44. The molecule has 0 atom stereocenters. The van der Waals surface area contributed by atoms with Gasteiger partial charge in [-0.3, -0.25) is 19.3 Å². The quantitative estimate of drug-likeness (QED) is 0.306. The van der Waals surface area contributed by atoms with E-state index in [0.717, 1.165) is 67.6 Å². The van der Waals surface area contributed by atoms with Crippen LogP contribution in [0.25, 0.3) is 0 Å². The number of hydrogen-bond acceptors (Lipinski definition) is 4. The van der Waals surface area contributed by atoms with Gasteiger partial charge < -0.3 is 5.11 Å². The van der Waals surface area contributed by atoms with E-state index in [1.165, 1.54) is 19.3 Å². The summed E-state index contributed by atoms with van der Waals surface area (Å²) in [6, 6.07) is 0. The second-order valence-electron chi connectivity index (χ2n) is 9.93. The third kappa shape index (κ3) is 3.65. The minimum Gasteiger partial charge on any atom is -0.511 e. The fraction of sp³-hybridized carbons (Fsp3) is 0.783. The Morgan fingerprint density at radius 2 is 1.64 bits per heavy atom. The Morgan fingerprint density at radius 3 is 2.21 bits per heavy atom. The number of Topliss-reactive ketones (excluding diaryl/α,β-unsaturated/α-hetero) is 1. The molecular weight excluding hydrogens is 354 g/mol. The molecular formula is C23H33NO4. The topological polar surface area (TPSA) is 74.7 Å². The van der Waals surface area contributed by atoms with E-state index in [0.29, 0.717) is 12.8 Å². The third-order valence-electron chi connectivity index (χ3n) is 7.58. The number of imide groups is 1. The van der Waals surface area contributed by atoms with Crippen molar-refractivity contribution in [3.8, 4) is 0 Å². The number of likely N-dealkylation sites (tertiary alicyclic amines) is 1. The molecule has 0 radical (unpaired) electrons. The fourth-order valence-corrected chi connectivity index (χ4v) is 6.82. The molecule has 0 aromatic carbocycles. The van der Waals surface area contributed by atoms with Gasteiger partial charge in [-0.1, -0.05) is 26.2 Å². The molecule has 4 aliphatic carbocycles. The first-order valence-corrected chi connectivity index (χ1v) is 11.2. The lowest BCUT2D eigenvalue weighted by atomic mass is 9.48. The number of hydrogen-bond donors (Lipinski definition) is 1. The summed E-state index contributed by atoms with van der Waals surface area (Å²) in [6.07, 6.45) is 11.8. The first-order valence-electron chi connectivity index (χ1n) is 11.2. The number of allylic oxidation sites excluding steroid dienone is 1. The standard InChI is InChI=1S/C23H33NO4/c1-2-3-4-5-6-20(27)24-14-19(26)21(22(24)28)18(25)13-23-10-15-7-16(11-23)9-17(8-15)12-23/h15-17,25H,2-14H2,1H3/b21-18-. The van der Waals surface area contributed by atoms with Crippen LogP contribution in [0.2, 0.25) is 0 Å². The van der Waals surface area contributed by atoms with Crippen molar-refractivity contribution in [2.24, 2.45) is 23.2 Å². The van der Waals surface area contributed by atoms with Crippen LogP contribution in [-0.2, 0) is 14.4 Å². The van der Waals surface area contributed by atoms with E-state index in [-0.39, 0.29) is 29.2 Å². The molecule has 1 heterocycles. The van der Waals surface area contributed by atoms with E-state index in [4.69, 9.17) is 0 Å². The monoisotopic (exact) mass is 387 g/mol. The van der Waals surface area contributed by atoms with Crippen molar-refractivity contribution in [1.82, 2.24) is 4.90 Å². The molecule has 1 saturated heterocycles. The van der Waals surface area contributed by atoms with Crippen LogP contribution in [0.15, 0.2) is 11.3 Å². The molecule has 5 aliphatic rings. The van der Waals surface area contributed by atoms with Crippen molar-refractivity contribution in [3.05, 3.63) is 11.3 Å². The second-order valence-corrected chi connectivity index (χ2v) is 9.93. The Kier molecular flexibility index (Phi) is 5.36. The van der Waals surface area contributed by atoms with Crippen LogP contribution in [-0.4, -0.2) is 34.1 Å². The molecule has 0 aromatic heterocycles. The van der Waals surface area contributed by atoms with Gasteiger partial charge in [-0.15, -0.1) is 0 Å². The Hall–Kier alpha value is -1.65. The second kappa shape index (κ2) is 7.64. The van der Waals surface area contributed by atoms with E-state index >= 15 is 0 Å². The number of unbranched alkanes of at least 4 members (excludes halogenated alkanes) is 3. The number of rotatable bonds is 7. The Bertz CT molecular complexity index is 672. The number of carbonyl (C=O) groups is 3. The SMILES string of the molecule is CCCCCCC(=O)N1CC(=O)/C(=C(/O)CC23CC4CC(CC(C4)C2)C3)C1=O. The van der Waals surface area contributed by atoms with Crippen LogP contribution in [0, 0.1) is 23.2 Å². The molecule has 4 saturated carbocycles. The van der Waals surface area contributed by atoms with Crippen LogP contribution in [0.3, 0.4) is 0 Å². The molecule has 28 heavy (non-hydrogen) atoms. The summed E-state index contributed by atoms with van der Waals surface area (Å²) in [6.45, 7) is 1.90. The summed E-state index contributed by atoms with van der Waals surface area (Å²) in [5, 5.41) is 10.8. The van der Waals surface area contributed by atoms with Gasteiger partial charge in [0.05, 0.1) is 6.54 Å². The molecule has 0 spiro atoms. The van der Waals surface area contributed by atoms with E-state index in [2.05, 4.69) is 6.92 Å². The van der Waals surface area contributed by atoms with Crippen molar-refractivity contribution < 1.29 is 19.5 Å². The number of aliphatic hydroxyl groups excluding tert-OH is 1. The Labute approximate surface area is 167 Å². The molecule has 5 rings (SSSR count). The molecule has 4 bridgehead atoms. The summed E-state index contributed by atoms with van der Waals surface area (Å²) >= 11 is 0. The highest BCUT2D eigenvalue weighted by Crippen LogP contribution is 2.62. The lowest BCUT2D eigenvalue weighted by Gasteiger charge is -2.57. The molecule has 154 valence electrons. The predicted molar refractivity (Wildman–Crippen MR) is 105 cm³/mol. The largest absolute Gasteiger partial charge is 0.511 e. The van der Waals surface area contributed by atoms with Gasteiger partial charge >= 0.3 is 0 Å². The van der Waals surface area contributed by atoms with E-state index in [1.807, 2.05) is 0 Å². The van der Waals surface area contributed by atoms with Gasteiger partial charge in [-0.05, 0) is 68.1 Å². The highest BCUT2D eigenvalue weighted by molar-refractivity contribution is 6.29. The molecule has 1 N–H and O–H groups in total. The molecule has 0 unspecified atom stereocenters. The van der Waals surface area contributed by atoms with E-state index in [9.17, 15) is 19.5 Å². The van der Waals surface area contributed by atoms with Gasteiger partial charge in [0.2, 0.25) is 5.91 Å². The molecule has 1 aliphatic heterocycles. The summed E-state index contributed by atoms with van der Waals surface area (Å²) < 4.78 is 0. The fourth-order valence-electron chi connectivity index (χ4n) is 6.82. The Morgan fingerprint density at radius 1 is 1.04 bits per heavy atom. The van der Waals surface area contributed by atoms with Gasteiger partial charge in [0.15, 0.2) is 5.78 Å². The lowest BCUT2D eigenvalue weighted by molar-refractivity contribution is -0.141. The number of nitrogens with zero attached hydrogens (tertiary/aromatic N) is 1. The average molecular weight is 388 g/mol. The summed E-state index contributed by atoms with van der Waals surface area (Å²) in [4.78, 5) is 38.7. The summed E-state index contributed by atoms with van der Waals surface area (Å²) in [5.41, 5.74) is -0.0538. The van der Waals surface area contributed by atoms with Crippen molar-refractivity contribution in [1.29, 1.82) is 0 Å². The lowest BCUT2D eigenvalue weighted by Crippen LogP contribution is -2.46. The molecule has 2 amide bonds. The van der Waals surface area contributed by atoms with Crippen molar-refractivity contribution in [3.63, 3.8) is 0 Å². The molecule has 5 nitrogen and oxygen atoms in total. The zero-order valence-corrected chi connectivity index (χ0v) is 17.0. The van der Waals surface area contributed by atoms with Crippen LogP contribution < -0.4 is 0 Å². The maximum atomic E-state index is 12.7. The van der Waals surface area contributed by atoms with Crippen molar-refractivity contribution in [2.75, 3.05) is 6.54 Å². The van der Waals surface area contributed by atoms with Crippen LogP contribution >= 0.6 is 0 Å². The number of carbonyl (C=O) groups excluding carboxylic acids is 3. The minimum atomic E-state index is -0.576. The summed E-state index contributed by atoms with van der Waals surface area (Å²) in [5.74, 6) is 0.938. The summed E-state index contributed by atoms with van der Waals surface area (Å²) in [7, 11) is 0. The van der Waals surface area contributed by atoms with Gasteiger partial charge in [-0.2, -0.15) is 0 Å². The van der Waals surface area contributed by atoms with Gasteiger partial charge in [0.25, 0.3) is 5.91 Å². The first kappa shape index (κ1) is 19.7. The van der Waals surface area contributed by atoms with Gasteiger partial charge in [-0.25, -0.2) is 0 Å². The molecule has 5 fully saturated rings. The van der Waals surface area contributed by atoms with Crippen LogP contribution in [0.4, 0.5) is 0 Å².